The maximum absolute atomic E-state index is 6.33. The van der Waals surface area contributed by atoms with Crippen LogP contribution in [-0.2, 0) is 0 Å². The van der Waals surface area contributed by atoms with E-state index in [-0.39, 0.29) is 0 Å². The molecule has 59 heavy (non-hydrogen) atoms. The van der Waals surface area contributed by atoms with Gasteiger partial charge in [-0.2, -0.15) is 0 Å². The molecule has 11 aromatic rings. The van der Waals surface area contributed by atoms with Gasteiger partial charge in [0, 0.05) is 33.0 Å². The van der Waals surface area contributed by atoms with Crippen molar-refractivity contribution in [1.82, 2.24) is 15.0 Å². The van der Waals surface area contributed by atoms with E-state index in [2.05, 4.69) is 158 Å². The fourth-order valence-corrected chi connectivity index (χ4v) is 8.12. The predicted octanol–water partition coefficient (Wildman–Crippen LogP) is 14.6. The maximum atomic E-state index is 6.33. The van der Waals surface area contributed by atoms with Gasteiger partial charge in [0.05, 0.1) is 0 Å². The first-order chi connectivity index (χ1) is 29.2. The average Bonchev–Trinajstić information content (AvgIpc) is 3.71. The quantitative estimate of drug-likeness (QED) is 0.163. The highest BCUT2D eigenvalue weighted by Gasteiger charge is 2.16. The van der Waals surface area contributed by atoms with Crippen LogP contribution >= 0.6 is 0 Å². The second kappa shape index (κ2) is 14.5. The van der Waals surface area contributed by atoms with Crippen LogP contribution in [-0.4, -0.2) is 15.0 Å². The van der Waals surface area contributed by atoms with Crippen LogP contribution in [0.25, 0.3) is 111 Å². The summed E-state index contributed by atoms with van der Waals surface area (Å²) in [6.45, 7) is 0. The number of para-hydroxylation sites is 2. The molecular formula is C55H35N3O. The number of benzene rings is 9. The highest BCUT2D eigenvalue weighted by Crippen LogP contribution is 2.38. The van der Waals surface area contributed by atoms with Crippen LogP contribution in [0.2, 0.25) is 0 Å². The van der Waals surface area contributed by atoms with Gasteiger partial charge in [-0.1, -0.05) is 194 Å². The van der Waals surface area contributed by atoms with E-state index in [1.165, 1.54) is 21.9 Å². The van der Waals surface area contributed by atoms with E-state index in [9.17, 15) is 0 Å². The van der Waals surface area contributed by atoms with Crippen molar-refractivity contribution in [3.05, 3.63) is 212 Å². The van der Waals surface area contributed by atoms with Crippen molar-refractivity contribution < 1.29 is 4.42 Å². The third kappa shape index (κ3) is 6.43. The molecule has 9 aromatic carbocycles. The van der Waals surface area contributed by atoms with Gasteiger partial charge in [0.1, 0.15) is 11.2 Å². The minimum absolute atomic E-state index is 0.631. The normalized spacial score (nSPS) is 11.4. The van der Waals surface area contributed by atoms with E-state index in [1.54, 1.807) is 0 Å². The van der Waals surface area contributed by atoms with Gasteiger partial charge >= 0.3 is 0 Å². The van der Waals surface area contributed by atoms with E-state index in [0.29, 0.717) is 17.5 Å². The fourth-order valence-electron chi connectivity index (χ4n) is 8.12. The van der Waals surface area contributed by atoms with Crippen molar-refractivity contribution in [3.8, 4) is 78.7 Å². The van der Waals surface area contributed by atoms with Crippen LogP contribution in [0, 0.1) is 0 Å². The molecule has 0 bridgehead atoms. The molecule has 0 N–H and O–H groups in total. The highest BCUT2D eigenvalue weighted by molar-refractivity contribution is 6.09. The summed E-state index contributed by atoms with van der Waals surface area (Å²) in [5.41, 5.74) is 13.7. The molecule has 0 aliphatic heterocycles. The lowest BCUT2D eigenvalue weighted by molar-refractivity contribution is 0.670. The van der Waals surface area contributed by atoms with Crippen LogP contribution in [0.3, 0.4) is 0 Å². The molecule has 0 saturated heterocycles. The van der Waals surface area contributed by atoms with Crippen molar-refractivity contribution >= 4 is 32.7 Å². The minimum Gasteiger partial charge on any atom is -0.455 e. The summed E-state index contributed by atoms with van der Waals surface area (Å²) in [4.78, 5) is 15.1. The van der Waals surface area contributed by atoms with Gasteiger partial charge < -0.3 is 4.42 Å². The maximum Gasteiger partial charge on any atom is 0.164 e. The molecule has 4 nitrogen and oxygen atoms in total. The van der Waals surface area contributed by atoms with Crippen molar-refractivity contribution in [2.75, 3.05) is 0 Å². The fraction of sp³-hybridized carbons (Fsp3) is 0. The Labute approximate surface area is 341 Å². The number of hydrogen-bond acceptors (Lipinski definition) is 4. The molecule has 0 amide bonds. The molecule has 2 heterocycles. The van der Waals surface area contributed by atoms with E-state index < -0.39 is 0 Å². The van der Waals surface area contributed by atoms with Gasteiger partial charge in [0.15, 0.2) is 17.5 Å². The lowest BCUT2D eigenvalue weighted by atomic mass is 9.95. The summed E-state index contributed by atoms with van der Waals surface area (Å²) >= 11 is 0. The number of fused-ring (bicyclic) bond motifs is 4. The summed E-state index contributed by atoms with van der Waals surface area (Å²) in [7, 11) is 0. The number of hydrogen-bond donors (Lipinski definition) is 0. The Kier molecular flexibility index (Phi) is 8.45. The number of nitrogens with zero attached hydrogens (tertiary/aromatic N) is 3. The molecule has 0 unspecified atom stereocenters. The monoisotopic (exact) mass is 753 g/mol. The number of aromatic nitrogens is 3. The molecule has 0 spiro atoms. The summed E-state index contributed by atoms with van der Waals surface area (Å²) in [6.07, 6.45) is 0. The summed E-state index contributed by atoms with van der Waals surface area (Å²) < 4.78 is 6.33. The predicted molar refractivity (Wildman–Crippen MR) is 243 cm³/mol. The first-order valence-electron chi connectivity index (χ1n) is 19.8. The molecule has 0 fully saturated rings. The van der Waals surface area contributed by atoms with Crippen LogP contribution in [0.5, 0.6) is 0 Å². The molecular weight excluding hydrogens is 719 g/mol. The van der Waals surface area contributed by atoms with E-state index in [4.69, 9.17) is 19.4 Å². The second-order valence-corrected chi connectivity index (χ2v) is 14.8. The van der Waals surface area contributed by atoms with E-state index in [1.807, 2.05) is 54.6 Å². The average molecular weight is 754 g/mol. The Balaban J connectivity index is 0.908. The molecule has 0 atom stereocenters. The first kappa shape index (κ1) is 34.3. The molecule has 0 aliphatic carbocycles. The Morgan fingerprint density at radius 2 is 0.729 bits per heavy atom. The smallest absolute Gasteiger partial charge is 0.164 e. The largest absolute Gasteiger partial charge is 0.455 e. The first-order valence-corrected chi connectivity index (χ1v) is 19.8. The molecule has 4 heteroatoms. The molecule has 0 radical (unpaired) electrons. The number of rotatable bonds is 7. The molecule has 0 saturated carbocycles. The van der Waals surface area contributed by atoms with Gasteiger partial charge in [-0.25, -0.2) is 15.0 Å². The van der Waals surface area contributed by atoms with Crippen LogP contribution < -0.4 is 0 Å². The van der Waals surface area contributed by atoms with Gasteiger partial charge in [-0.3, -0.25) is 0 Å². The minimum atomic E-state index is 0.631. The van der Waals surface area contributed by atoms with Crippen molar-refractivity contribution in [3.63, 3.8) is 0 Å². The van der Waals surface area contributed by atoms with Gasteiger partial charge in [0.2, 0.25) is 0 Å². The summed E-state index contributed by atoms with van der Waals surface area (Å²) in [6, 6.07) is 74.1. The zero-order valence-corrected chi connectivity index (χ0v) is 32.0. The Bertz CT molecular complexity index is 3300. The van der Waals surface area contributed by atoms with E-state index >= 15 is 0 Å². The molecule has 276 valence electrons. The van der Waals surface area contributed by atoms with Gasteiger partial charge in [0.25, 0.3) is 0 Å². The zero-order chi connectivity index (χ0) is 39.1. The third-order valence-corrected chi connectivity index (χ3v) is 11.2. The lowest BCUT2D eigenvalue weighted by Crippen LogP contribution is -2.01. The van der Waals surface area contributed by atoms with Crippen LogP contribution in [0.4, 0.5) is 0 Å². The number of furan rings is 1. The Morgan fingerprint density at radius 3 is 1.41 bits per heavy atom. The molecule has 2 aromatic heterocycles. The standard InChI is InChI=1S/C55H35N3O/c1-3-12-39(13-4-1)46-16-7-8-18-50(46)55-57-53(41-14-5-2-6-15-41)56-54(58-55)42-30-24-37(25-31-42)44-33-27-38-26-32-43(34-45(38)35-44)36-22-28-40(29-23-36)47-19-11-20-49-48-17-9-10-21-51(48)59-52(47)49/h1-35H. The Hall–Kier alpha value is -7.95. The van der Waals surface area contributed by atoms with E-state index in [0.717, 1.165) is 72.0 Å². The van der Waals surface area contributed by atoms with Crippen LogP contribution in [0.1, 0.15) is 0 Å². The molecule has 0 aliphatic rings. The van der Waals surface area contributed by atoms with Crippen molar-refractivity contribution in [2.24, 2.45) is 0 Å². The van der Waals surface area contributed by atoms with Gasteiger partial charge in [-0.15, -0.1) is 0 Å². The molecule has 11 rings (SSSR count). The highest BCUT2D eigenvalue weighted by atomic mass is 16.3. The second-order valence-electron chi connectivity index (χ2n) is 14.8. The van der Waals surface area contributed by atoms with Crippen molar-refractivity contribution in [2.45, 2.75) is 0 Å². The Morgan fingerprint density at radius 1 is 0.271 bits per heavy atom. The van der Waals surface area contributed by atoms with Crippen LogP contribution in [0.15, 0.2) is 217 Å². The lowest BCUT2D eigenvalue weighted by Gasteiger charge is -2.12. The third-order valence-electron chi connectivity index (χ3n) is 11.2. The summed E-state index contributed by atoms with van der Waals surface area (Å²) in [5, 5.41) is 4.67. The zero-order valence-electron chi connectivity index (χ0n) is 32.0. The SMILES string of the molecule is c1ccc(-c2nc(-c3ccc(-c4ccc5ccc(-c6ccc(-c7cccc8c7oc7ccccc78)cc6)cc5c4)cc3)nc(-c3ccccc3-c3ccccc3)n2)cc1. The van der Waals surface area contributed by atoms with Gasteiger partial charge in [-0.05, 0) is 67.9 Å². The topological polar surface area (TPSA) is 51.8 Å². The van der Waals surface area contributed by atoms with Crippen molar-refractivity contribution in [1.29, 1.82) is 0 Å². The summed E-state index contributed by atoms with van der Waals surface area (Å²) in [5.74, 6) is 1.91.